The first-order valence-corrected chi connectivity index (χ1v) is 6.83. The minimum absolute atomic E-state index is 0.109. The third kappa shape index (κ3) is 3.87. The Kier molecular flexibility index (Phi) is 4.73. The second-order valence-electron chi connectivity index (χ2n) is 2.92. The van der Waals surface area contributed by atoms with Crippen molar-refractivity contribution < 1.29 is 4.21 Å². The van der Waals surface area contributed by atoms with E-state index in [1.807, 2.05) is 6.92 Å². The molecule has 0 saturated carbocycles. The predicted molar refractivity (Wildman–Crippen MR) is 66.8 cm³/mol. The van der Waals surface area contributed by atoms with Gasteiger partial charge in [-0.3, -0.25) is 4.21 Å². The Hall–Kier alpha value is -0.240. The Morgan fingerprint density at radius 3 is 2.64 bits per heavy atom. The molecule has 0 spiro atoms. The van der Waals surface area contributed by atoms with Gasteiger partial charge in [0.05, 0.1) is 0 Å². The molecule has 6 heteroatoms. The highest BCUT2D eigenvalue weighted by Gasteiger charge is 2.05. The molecule has 1 aromatic heterocycles. The predicted octanol–water partition coefficient (Wildman–Crippen LogP) is 1.26. The van der Waals surface area contributed by atoms with Gasteiger partial charge in [0.1, 0.15) is 0 Å². The zero-order valence-electron chi connectivity index (χ0n) is 8.03. The van der Waals surface area contributed by atoms with E-state index in [4.69, 9.17) is 0 Å². The first-order valence-electron chi connectivity index (χ1n) is 4.13. The van der Waals surface area contributed by atoms with Gasteiger partial charge in [-0.05, 0) is 29.5 Å². The van der Waals surface area contributed by atoms with Gasteiger partial charge in [-0.2, -0.15) is 0 Å². The highest BCUT2D eigenvalue weighted by molar-refractivity contribution is 14.1. The first-order chi connectivity index (χ1) is 6.59. The van der Waals surface area contributed by atoms with E-state index in [2.05, 4.69) is 37.9 Å². The molecule has 0 bridgehead atoms. The van der Waals surface area contributed by atoms with Crippen LogP contribution >= 0.6 is 22.6 Å². The average molecular weight is 325 g/mol. The van der Waals surface area contributed by atoms with Crippen LogP contribution in [0.25, 0.3) is 0 Å². The Morgan fingerprint density at radius 2 is 2.14 bits per heavy atom. The molecule has 14 heavy (non-hydrogen) atoms. The van der Waals surface area contributed by atoms with Crippen molar-refractivity contribution in [2.45, 2.75) is 12.2 Å². The SMILES string of the molecule is CC(CNc1ncc(I)cn1)S(C)=O. The van der Waals surface area contributed by atoms with Gasteiger partial charge in [-0.25, -0.2) is 9.97 Å². The molecule has 1 rings (SSSR count). The summed E-state index contributed by atoms with van der Waals surface area (Å²) in [5.74, 6) is 0.586. The lowest BCUT2D eigenvalue weighted by Gasteiger charge is -2.09. The highest BCUT2D eigenvalue weighted by Crippen LogP contribution is 2.03. The maximum atomic E-state index is 11.0. The van der Waals surface area contributed by atoms with Gasteiger partial charge in [-0.15, -0.1) is 0 Å². The van der Waals surface area contributed by atoms with E-state index in [9.17, 15) is 4.21 Å². The minimum atomic E-state index is -0.808. The zero-order chi connectivity index (χ0) is 10.6. The van der Waals surface area contributed by atoms with Crippen LogP contribution in [0.3, 0.4) is 0 Å². The van der Waals surface area contributed by atoms with E-state index in [1.54, 1.807) is 18.6 Å². The maximum Gasteiger partial charge on any atom is 0.222 e. The van der Waals surface area contributed by atoms with Gasteiger partial charge in [-0.1, -0.05) is 0 Å². The molecule has 0 aliphatic heterocycles. The van der Waals surface area contributed by atoms with E-state index < -0.39 is 10.8 Å². The molecule has 0 fully saturated rings. The van der Waals surface area contributed by atoms with E-state index in [0.29, 0.717) is 12.5 Å². The van der Waals surface area contributed by atoms with Crippen LogP contribution in [0, 0.1) is 3.57 Å². The van der Waals surface area contributed by atoms with E-state index in [0.717, 1.165) is 3.57 Å². The second kappa shape index (κ2) is 5.59. The van der Waals surface area contributed by atoms with Crippen molar-refractivity contribution in [2.24, 2.45) is 0 Å². The van der Waals surface area contributed by atoms with Gasteiger partial charge < -0.3 is 5.32 Å². The molecule has 2 unspecified atom stereocenters. The summed E-state index contributed by atoms with van der Waals surface area (Å²) in [4.78, 5) is 8.16. The summed E-state index contributed by atoms with van der Waals surface area (Å²) >= 11 is 2.15. The van der Waals surface area contributed by atoms with Crippen molar-refractivity contribution in [3.8, 4) is 0 Å². The van der Waals surface area contributed by atoms with Crippen molar-refractivity contribution in [2.75, 3.05) is 18.1 Å². The van der Waals surface area contributed by atoms with Gasteiger partial charge >= 0.3 is 0 Å². The number of hydrogen-bond acceptors (Lipinski definition) is 4. The largest absolute Gasteiger partial charge is 0.353 e. The average Bonchev–Trinajstić information content (AvgIpc) is 2.16. The van der Waals surface area contributed by atoms with Crippen molar-refractivity contribution >= 4 is 39.3 Å². The molecular weight excluding hydrogens is 313 g/mol. The van der Waals surface area contributed by atoms with Gasteiger partial charge in [0, 0.05) is 44.8 Å². The molecule has 78 valence electrons. The van der Waals surface area contributed by atoms with Gasteiger partial charge in [0.2, 0.25) is 5.95 Å². The zero-order valence-corrected chi connectivity index (χ0v) is 11.0. The molecule has 1 aromatic rings. The first kappa shape index (κ1) is 11.8. The molecular formula is C8H12IN3OS. The van der Waals surface area contributed by atoms with Crippen molar-refractivity contribution in [3.63, 3.8) is 0 Å². The maximum absolute atomic E-state index is 11.0. The Bertz CT molecular complexity index is 317. The Morgan fingerprint density at radius 1 is 1.57 bits per heavy atom. The standard InChI is InChI=1S/C8H12IN3OS/c1-6(14(2)13)3-10-8-11-4-7(9)5-12-8/h4-6H,3H2,1-2H3,(H,10,11,12). The summed E-state index contributed by atoms with van der Waals surface area (Å²) in [6.45, 7) is 2.56. The van der Waals surface area contributed by atoms with Crippen LogP contribution in [0.2, 0.25) is 0 Å². The lowest BCUT2D eigenvalue weighted by atomic mass is 10.5. The molecule has 0 aliphatic rings. The second-order valence-corrected chi connectivity index (χ2v) is 5.96. The van der Waals surface area contributed by atoms with Crippen LogP contribution < -0.4 is 5.32 Å². The van der Waals surface area contributed by atoms with Crippen molar-refractivity contribution in [1.29, 1.82) is 0 Å². The Labute approximate surface area is 99.5 Å². The summed E-state index contributed by atoms with van der Waals surface area (Å²) in [6.07, 6.45) is 5.17. The van der Waals surface area contributed by atoms with Crippen LogP contribution in [-0.2, 0) is 10.8 Å². The lowest BCUT2D eigenvalue weighted by Crippen LogP contribution is -2.21. The van der Waals surface area contributed by atoms with Crippen LogP contribution in [0.15, 0.2) is 12.4 Å². The summed E-state index contributed by atoms with van der Waals surface area (Å²) in [5.41, 5.74) is 0. The van der Waals surface area contributed by atoms with Crippen molar-refractivity contribution in [1.82, 2.24) is 9.97 Å². The quantitative estimate of drug-likeness (QED) is 0.847. The monoisotopic (exact) mass is 325 g/mol. The van der Waals surface area contributed by atoms with Crippen LogP contribution in [0.1, 0.15) is 6.92 Å². The molecule has 1 N–H and O–H groups in total. The number of hydrogen-bond donors (Lipinski definition) is 1. The van der Waals surface area contributed by atoms with E-state index >= 15 is 0 Å². The fraction of sp³-hybridized carbons (Fsp3) is 0.500. The summed E-state index contributed by atoms with van der Waals surface area (Å²) < 4.78 is 12.0. The lowest BCUT2D eigenvalue weighted by molar-refractivity contribution is 0.678. The smallest absolute Gasteiger partial charge is 0.222 e. The number of nitrogens with zero attached hydrogens (tertiary/aromatic N) is 2. The molecule has 2 atom stereocenters. The fourth-order valence-electron chi connectivity index (χ4n) is 0.756. The molecule has 0 saturated heterocycles. The number of nitrogens with one attached hydrogen (secondary N) is 1. The summed E-state index contributed by atoms with van der Waals surface area (Å²) in [5, 5.41) is 3.14. The number of anilines is 1. The molecule has 0 radical (unpaired) electrons. The molecule has 0 aromatic carbocycles. The highest BCUT2D eigenvalue weighted by atomic mass is 127. The van der Waals surface area contributed by atoms with Crippen LogP contribution in [0.4, 0.5) is 5.95 Å². The number of halogens is 1. The van der Waals surface area contributed by atoms with E-state index in [-0.39, 0.29) is 5.25 Å². The molecule has 0 aliphatic carbocycles. The third-order valence-corrected chi connectivity index (χ3v) is 3.59. The van der Waals surface area contributed by atoms with Crippen LogP contribution in [0.5, 0.6) is 0 Å². The van der Waals surface area contributed by atoms with Crippen molar-refractivity contribution in [3.05, 3.63) is 16.0 Å². The number of rotatable bonds is 4. The van der Waals surface area contributed by atoms with Gasteiger partial charge in [0.15, 0.2) is 0 Å². The summed E-state index contributed by atoms with van der Waals surface area (Å²) in [6, 6.07) is 0. The van der Waals surface area contributed by atoms with E-state index in [1.165, 1.54) is 0 Å². The molecule has 1 heterocycles. The number of aromatic nitrogens is 2. The third-order valence-electron chi connectivity index (χ3n) is 1.73. The normalized spacial score (nSPS) is 14.8. The fourth-order valence-corrected chi connectivity index (χ4v) is 1.35. The topological polar surface area (TPSA) is 54.9 Å². The van der Waals surface area contributed by atoms with Gasteiger partial charge in [0.25, 0.3) is 0 Å². The van der Waals surface area contributed by atoms with Crippen LogP contribution in [-0.4, -0.2) is 32.2 Å². The molecule has 4 nitrogen and oxygen atoms in total. The Balaban J connectivity index is 2.46. The molecule has 0 amide bonds. The minimum Gasteiger partial charge on any atom is -0.353 e. The summed E-state index contributed by atoms with van der Waals surface area (Å²) in [7, 11) is -0.808.